The van der Waals surface area contributed by atoms with Gasteiger partial charge in [0.2, 0.25) is 0 Å². The first kappa shape index (κ1) is 18.7. The maximum Gasteiger partial charge on any atom is 0.147 e. The lowest BCUT2D eigenvalue weighted by Crippen LogP contribution is -2.48. The van der Waals surface area contributed by atoms with Crippen LogP contribution in [0.5, 0.6) is 0 Å². The van der Waals surface area contributed by atoms with E-state index in [4.69, 9.17) is 22.1 Å². The molecular formula is C18H28ClFN2O. The minimum atomic E-state index is -0.371. The molecule has 2 rings (SSSR count). The normalized spacial score (nSPS) is 21.4. The van der Waals surface area contributed by atoms with Gasteiger partial charge in [-0.3, -0.25) is 4.90 Å². The fourth-order valence-corrected chi connectivity index (χ4v) is 3.46. The van der Waals surface area contributed by atoms with E-state index in [9.17, 15) is 4.39 Å². The van der Waals surface area contributed by atoms with Gasteiger partial charge in [-0.15, -0.1) is 0 Å². The van der Waals surface area contributed by atoms with Crippen LogP contribution in [0.15, 0.2) is 18.2 Å². The van der Waals surface area contributed by atoms with Gasteiger partial charge >= 0.3 is 0 Å². The second-order valence-corrected chi connectivity index (χ2v) is 7.65. The predicted molar refractivity (Wildman–Crippen MR) is 93.2 cm³/mol. The lowest BCUT2D eigenvalue weighted by Gasteiger charge is -2.43. The largest absolute Gasteiger partial charge is 0.372 e. The molecule has 3 nitrogen and oxygen atoms in total. The number of halogens is 2. The Morgan fingerprint density at radius 3 is 2.83 bits per heavy atom. The summed E-state index contributed by atoms with van der Waals surface area (Å²) in [6.07, 6.45) is 1.81. The van der Waals surface area contributed by atoms with Gasteiger partial charge in [0, 0.05) is 30.1 Å². The Morgan fingerprint density at radius 2 is 2.17 bits per heavy atom. The average molecular weight is 343 g/mol. The van der Waals surface area contributed by atoms with Crippen LogP contribution in [0.2, 0.25) is 5.02 Å². The van der Waals surface area contributed by atoms with E-state index in [0.717, 1.165) is 25.9 Å². The maximum atomic E-state index is 14.5. The van der Waals surface area contributed by atoms with Gasteiger partial charge in [0.25, 0.3) is 0 Å². The lowest BCUT2D eigenvalue weighted by molar-refractivity contribution is -0.0303. The van der Waals surface area contributed by atoms with Gasteiger partial charge in [-0.05, 0) is 46.2 Å². The molecule has 0 saturated carbocycles. The molecule has 0 radical (unpaired) electrons. The molecule has 1 aliphatic rings. The Morgan fingerprint density at radius 1 is 1.43 bits per heavy atom. The third-order valence-electron chi connectivity index (χ3n) is 4.54. The quantitative estimate of drug-likeness (QED) is 0.878. The molecule has 23 heavy (non-hydrogen) atoms. The van der Waals surface area contributed by atoms with Crippen LogP contribution in [0.1, 0.15) is 45.3 Å². The number of rotatable bonds is 5. The zero-order valence-corrected chi connectivity index (χ0v) is 15.1. The van der Waals surface area contributed by atoms with Crippen molar-refractivity contribution in [3.05, 3.63) is 34.6 Å². The summed E-state index contributed by atoms with van der Waals surface area (Å²) in [5, 5.41) is 0.146. The van der Waals surface area contributed by atoms with Gasteiger partial charge in [-0.2, -0.15) is 0 Å². The summed E-state index contributed by atoms with van der Waals surface area (Å²) in [6.45, 7) is 9.45. The molecule has 2 N–H and O–H groups in total. The zero-order valence-electron chi connectivity index (χ0n) is 14.3. The number of likely N-dealkylation sites (tertiary alicyclic amines) is 1. The van der Waals surface area contributed by atoms with E-state index >= 15 is 0 Å². The highest BCUT2D eigenvalue weighted by atomic mass is 35.5. The number of nitrogens with zero attached hydrogens (tertiary/aromatic N) is 1. The molecule has 0 aliphatic carbocycles. The zero-order chi connectivity index (χ0) is 17.0. The topological polar surface area (TPSA) is 38.5 Å². The van der Waals surface area contributed by atoms with Crippen molar-refractivity contribution in [3.63, 3.8) is 0 Å². The number of hydrogen-bond donors (Lipinski definition) is 1. The third-order valence-corrected chi connectivity index (χ3v) is 4.83. The monoisotopic (exact) mass is 342 g/mol. The van der Waals surface area contributed by atoms with Crippen molar-refractivity contribution in [3.8, 4) is 0 Å². The molecule has 5 heteroatoms. The van der Waals surface area contributed by atoms with Crippen molar-refractivity contribution < 1.29 is 9.13 Å². The summed E-state index contributed by atoms with van der Waals surface area (Å²) in [7, 11) is 0. The van der Waals surface area contributed by atoms with Crippen LogP contribution >= 0.6 is 11.6 Å². The minimum Gasteiger partial charge on any atom is -0.372 e. The van der Waals surface area contributed by atoms with Crippen LogP contribution < -0.4 is 5.73 Å². The number of ether oxygens (including phenoxy) is 1. The fraction of sp³-hybridized carbons (Fsp3) is 0.667. The molecule has 1 saturated heterocycles. The van der Waals surface area contributed by atoms with E-state index in [1.165, 1.54) is 0 Å². The molecule has 0 spiro atoms. The summed E-state index contributed by atoms with van der Waals surface area (Å²) < 4.78 is 20.5. The predicted octanol–water partition coefficient (Wildman–Crippen LogP) is 4.01. The summed E-state index contributed by atoms with van der Waals surface area (Å²) >= 11 is 5.97. The number of piperidine rings is 1. The molecule has 1 aliphatic heterocycles. The molecule has 0 aromatic heterocycles. The first-order chi connectivity index (χ1) is 10.8. The van der Waals surface area contributed by atoms with E-state index < -0.39 is 0 Å². The second kappa shape index (κ2) is 7.93. The Balaban J connectivity index is 2.25. The van der Waals surface area contributed by atoms with E-state index in [0.29, 0.717) is 18.7 Å². The van der Waals surface area contributed by atoms with Crippen LogP contribution in [0, 0.1) is 11.7 Å². The van der Waals surface area contributed by atoms with Crippen LogP contribution in [-0.4, -0.2) is 36.7 Å². The van der Waals surface area contributed by atoms with Gasteiger partial charge < -0.3 is 10.5 Å². The first-order valence-electron chi connectivity index (χ1n) is 8.35. The lowest BCUT2D eigenvalue weighted by atomic mass is 9.86. The molecular weight excluding hydrogens is 315 g/mol. The van der Waals surface area contributed by atoms with Crippen molar-refractivity contribution in [2.75, 3.05) is 26.2 Å². The molecule has 0 bridgehead atoms. The van der Waals surface area contributed by atoms with Crippen LogP contribution in [0.4, 0.5) is 4.39 Å². The molecule has 1 fully saturated rings. The summed E-state index contributed by atoms with van der Waals surface area (Å²) in [6, 6.07) is 5.13. The van der Waals surface area contributed by atoms with E-state index in [-0.39, 0.29) is 28.4 Å². The van der Waals surface area contributed by atoms with Crippen molar-refractivity contribution >= 4 is 11.6 Å². The standard InChI is InChI=1S/C18H28ClFN2O/c1-18(2,3)22-10-5-6-13(12-22)17(23-11-9-21)14-7-4-8-15(19)16(14)20/h4,7-8,13,17H,5-6,9-12,21H2,1-3H3/t13?,17-/m1/s1. The van der Waals surface area contributed by atoms with Crippen molar-refractivity contribution in [1.29, 1.82) is 0 Å². The van der Waals surface area contributed by atoms with Crippen molar-refractivity contribution in [2.45, 2.75) is 45.3 Å². The second-order valence-electron chi connectivity index (χ2n) is 7.24. The number of benzene rings is 1. The molecule has 1 heterocycles. The van der Waals surface area contributed by atoms with Crippen LogP contribution in [-0.2, 0) is 4.74 Å². The van der Waals surface area contributed by atoms with E-state index in [1.54, 1.807) is 18.2 Å². The molecule has 130 valence electrons. The van der Waals surface area contributed by atoms with Crippen molar-refractivity contribution in [1.82, 2.24) is 4.90 Å². The van der Waals surface area contributed by atoms with Gasteiger partial charge in [-0.25, -0.2) is 4.39 Å². The molecule has 0 amide bonds. The number of nitrogens with two attached hydrogens (primary N) is 1. The third kappa shape index (κ3) is 4.66. The molecule has 1 aromatic carbocycles. The highest BCUT2D eigenvalue weighted by Gasteiger charge is 2.34. The minimum absolute atomic E-state index is 0.101. The highest BCUT2D eigenvalue weighted by molar-refractivity contribution is 6.30. The van der Waals surface area contributed by atoms with Crippen LogP contribution in [0.25, 0.3) is 0 Å². The Labute approximate surface area is 143 Å². The average Bonchev–Trinajstić information content (AvgIpc) is 2.51. The Hall–Kier alpha value is -0.680. The summed E-state index contributed by atoms with van der Waals surface area (Å²) in [5.41, 5.74) is 6.24. The Kier molecular flexibility index (Phi) is 6.43. The maximum absolute atomic E-state index is 14.5. The number of hydrogen-bond acceptors (Lipinski definition) is 3. The van der Waals surface area contributed by atoms with E-state index in [1.807, 2.05) is 0 Å². The van der Waals surface area contributed by atoms with Crippen LogP contribution in [0.3, 0.4) is 0 Å². The van der Waals surface area contributed by atoms with Gasteiger partial charge in [0.1, 0.15) is 5.82 Å². The summed E-state index contributed by atoms with van der Waals surface area (Å²) in [5.74, 6) is -0.133. The van der Waals surface area contributed by atoms with Gasteiger partial charge in [0.15, 0.2) is 0 Å². The van der Waals surface area contributed by atoms with Crippen molar-refractivity contribution in [2.24, 2.45) is 11.7 Å². The molecule has 1 aromatic rings. The Bertz CT molecular complexity index is 518. The van der Waals surface area contributed by atoms with E-state index in [2.05, 4.69) is 25.7 Å². The highest BCUT2D eigenvalue weighted by Crippen LogP contribution is 2.37. The molecule has 2 atom stereocenters. The first-order valence-corrected chi connectivity index (χ1v) is 8.73. The molecule has 1 unspecified atom stereocenters. The summed E-state index contributed by atoms with van der Waals surface area (Å²) in [4.78, 5) is 2.45. The van der Waals surface area contributed by atoms with Gasteiger partial charge in [-0.1, -0.05) is 23.7 Å². The SMILES string of the molecule is CC(C)(C)N1CCCC([C@@H](OCCN)c2cccc(Cl)c2F)C1. The van der Waals surface area contributed by atoms with Gasteiger partial charge in [0.05, 0.1) is 17.7 Å². The smallest absolute Gasteiger partial charge is 0.147 e. The fourth-order valence-electron chi connectivity index (χ4n) is 3.28.